The predicted molar refractivity (Wildman–Crippen MR) is 108 cm³/mol. The lowest BCUT2D eigenvalue weighted by Crippen LogP contribution is -2.26. The van der Waals surface area contributed by atoms with E-state index in [1.54, 1.807) is 20.4 Å². The molecule has 0 heterocycles. The maximum atomic E-state index is 12.1. The van der Waals surface area contributed by atoms with Gasteiger partial charge in [0.05, 0.1) is 32.7 Å². The van der Waals surface area contributed by atoms with Gasteiger partial charge in [-0.15, -0.1) is 0 Å². The molecule has 2 N–H and O–H groups in total. The average Bonchev–Trinajstić information content (AvgIpc) is 2.72. The molecule has 0 atom stereocenters. The highest BCUT2D eigenvalue weighted by molar-refractivity contribution is 6.02. The molecule has 3 aromatic carbocycles. The van der Waals surface area contributed by atoms with Crippen LogP contribution in [0, 0.1) is 0 Å². The number of carbonyl (C=O) groups is 1. The van der Waals surface area contributed by atoms with E-state index in [-0.39, 0.29) is 12.5 Å². The molecule has 0 radical (unpaired) electrons. The molecule has 0 saturated carbocycles. The number of anilines is 1. The number of benzene rings is 3. The first-order valence-corrected chi connectivity index (χ1v) is 8.47. The van der Waals surface area contributed by atoms with Crippen molar-refractivity contribution in [2.45, 2.75) is 0 Å². The Bertz CT molecular complexity index is 970. The quantitative estimate of drug-likeness (QED) is 0.498. The maximum absolute atomic E-state index is 12.1. The minimum absolute atomic E-state index is 0.0738. The number of hydrazone groups is 1. The molecule has 27 heavy (non-hydrogen) atoms. The van der Waals surface area contributed by atoms with Crippen LogP contribution in [0.1, 0.15) is 5.56 Å². The van der Waals surface area contributed by atoms with Crippen LogP contribution >= 0.6 is 0 Å². The zero-order valence-corrected chi connectivity index (χ0v) is 15.2. The van der Waals surface area contributed by atoms with Gasteiger partial charge in [0.25, 0.3) is 5.91 Å². The number of nitrogens with zero attached hydrogens (tertiary/aromatic N) is 1. The van der Waals surface area contributed by atoms with Crippen molar-refractivity contribution < 1.29 is 14.3 Å². The number of fused-ring (bicyclic) bond motifs is 1. The minimum Gasteiger partial charge on any atom is -0.496 e. The van der Waals surface area contributed by atoms with Gasteiger partial charge in [-0.25, -0.2) is 5.43 Å². The number of ether oxygens (including phenoxy) is 2. The fraction of sp³-hybridized carbons (Fsp3) is 0.143. The van der Waals surface area contributed by atoms with Gasteiger partial charge >= 0.3 is 0 Å². The van der Waals surface area contributed by atoms with Crippen LogP contribution in [0.3, 0.4) is 0 Å². The molecule has 6 heteroatoms. The van der Waals surface area contributed by atoms with Crippen LogP contribution in [-0.4, -0.2) is 32.9 Å². The van der Waals surface area contributed by atoms with E-state index in [1.807, 2.05) is 60.7 Å². The Morgan fingerprint density at radius 3 is 2.52 bits per heavy atom. The monoisotopic (exact) mass is 363 g/mol. The van der Waals surface area contributed by atoms with Crippen molar-refractivity contribution in [2.24, 2.45) is 5.10 Å². The van der Waals surface area contributed by atoms with E-state index in [2.05, 4.69) is 15.8 Å². The van der Waals surface area contributed by atoms with Gasteiger partial charge in [-0.3, -0.25) is 4.79 Å². The van der Waals surface area contributed by atoms with Crippen molar-refractivity contribution in [3.05, 3.63) is 66.2 Å². The Balaban J connectivity index is 1.67. The summed E-state index contributed by atoms with van der Waals surface area (Å²) in [7, 11) is 3.19. The average molecular weight is 363 g/mol. The highest BCUT2D eigenvalue weighted by Gasteiger charge is 2.07. The SMILES string of the molecule is COc1ccccc1NCC(=O)N/N=C\c1c(OC)ccc2ccccc12. The largest absolute Gasteiger partial charge is 0.496 e. The molecule has 1 amide bonds. The molecule has 0 aliphatic carbocycles. The van der Waals surface area contributed by atoms with Gasteiger partial charge in [-0.05, 0) is 29.0 Å². The number of hydrogen-bond donors (Lipinski definition) is 2. The summed E-state index contributed by atoms with van der Waals surface area (Å²) in [5.41, 5.74) is 4.09. The van der Waals surface area contributed by atoms with E-state index in [4.69, 9.17) is 9.47 Å². The van der Waals surface area contributed by atoms with Gasteiger partial charge in [0.15, 0.2) is 0 Å². The van der Waals surface area contributed by atoms with Gasteiger partial charge in [-0.2, -0.15) is 5.10 Å². The summed E-state index contributed by atoms with van der Waals surface area (Å²) >= 11 is 0. The molecule has 0 bridgehead atoms. The Hall–Kier alpha value is -3.54. The molecular formula is C21H21N3O3. The lowest BCUT2D eigenvalue weighted by atomic mass is 10.0. The Morgan fingerprint density at radius 2 is 1.70 bits per heavy atom. The molecule has 0 aromatic heterocycles. The minimum atomic E-state index is -0.267. The first kappa shape index (κ1) is 18.3. The van der Waals surface area contributed by atoms with Gasteiger partial charge in [-0.1, -0.05) is 42.5 Å². The number of amides is 1. The molecule has 6 nitrogen and oxygen atoms in total. The van der Waals surface area contributed by atoms with Crippen LogP contribution in [0.4, 0.5) is 5.69 Å². The van der Waals surface area contributed by atoms with Crippen molar-refractivity contribution >= 4 is 28.6 Å². The van der Waals surface area contributed by atoms with Crippen molar-refractivity contribution in [1.29, 1.82) is 0 Å². The van der Waals surface area contributed by atoms with Crippen LogP contribution in [0.2, 0.25) is 0 Å². The number of nitrogens with one attached hydrogen (secondary N) is 2. The Morgan fingerprint density at radius 1 is 0.963 bits per heavy atom. The van der Waals surface area contributed by atoms with Crippen molar-refractivity contribution in [1.82, 2.24) is 5.43 Å². The summed E-state index contributed by atoms with van der Waals surface area (Å²) in [6.45, 7) is 0.0738. The molecule has 3 aromatic rings. The second kappa shape index (κ2) is 8.71. The van der Waals surface area contributed by atoms with Gasteiger partial charge in [0.2, 0.25) is 0 Å². The van der Waals surface area contributed by atoms with E-state index >= 15 is 0 Å². The molecule has 0 spiro atoms. The van der Waals surface area contributed by atoms with Crippen LogP contribution < -0.4 is 20.2 Å². The predicted octanol–water partition coefficient (Wildman–Crippen LogP) is 3.42. The van der Waals surface area contributed by atoms with E-state index in [0.717, 1.165) is 22.0 Å². The van der Waals surface area contributed by atoms with E-state index in [1.165, 1.54) is 0 Å². The maximum Gasteiger partial charge on any atom is 0.259 e. The van der Waals surface area contributed by atoms with Crippen LogP contribution in [-0.2, 0) is 4.79 Å². The van der Waals surface area contributed by atoms with Gasteiger partial charge < -0.3 is 14.8 Å². The number of para-hydroxylation sites is 2. The molecule has 0 saturated heterocycles. The molecule has 0 aliphatic heterocycles. The summed E-state index contributed by atoms with van der Waals surface area (Å²) in [5.74, 6) is 1.10. The van der Waals surface area contributed by atoms with Crippen molar-refractivity contribution in [2.75, 3.05) is 26.1 Å². The second-order valence-electron chi connectivity index (χ2n) is 5.75. The Kier molecular flexibility index (Phi) is 5.89. The van der Waals surface area contributed by atoms with Crippen molar-refractivity contribution in [3.63, 3.8) is 0 Å². The molecule has 3 rings (SSSR count). The van der Waals surface area contributed by atoms with Crippen LogP contribution in [0.25, 0.3) is 10.8 Å². The lowest BCUT2D eigenvalue weighted by Gasteiger charge is -2.10. The number of carbonyl (C=O) groups excluding carboxylic acids is 1. The zero-order chi connectivity index (χ0) is 19.1. The van der Waals surface area contributed by atoms with Crippen molar-refractivity contribution in [3.8, 4) is 11.5 Å². The second-order valence-corrected chi connectivity index (χ2v) is 5.75. The third-order valence-corrected chi connectivity index (χ3v) is 4.08. The smallest absolute Gasteiger partial charge is 0.259 e. The van der Waals surface area contributed by atoms with E-state index in [9.17, 15) is 4.79 Å². The standard InChI is InChI=1S/C21H21N3O3/c1-26-19-12-11-15-7-3-4-8-16(15)17(19)13-23-24-21(25)14-22-18-9-5-6-10-20(18)27-2/h3-13,22H,14H2,1-2H3,(H,24,25)/b23-13-. The highest BCUT2D eigenvalue weighted by atomic mass is 16.5. The first-order chi connectivity index (χ1) is 13.2. The fourth-order valence-corrected chi connectivity index (χ4v) is 2.76. The first-order valence-electron chi connectivity index (χ1n) is 8.47. The molecule has 0 fully saturated rings. The summed E-state index contributed by atoms with van der Waals surface area (Å²) in [6.07, 6.45) is 1.60. The third kappa shape index (κ3) is 4.36. The number of rotatable bonds is 7. The van der Waals surface area contributed by atoms with Gasteiger partial charge in [0.1, 0.15) is 11.5 Å². The topological polar surface area (TPSA) is 72.0 Å². The molecule has 0 aliphatic rings. The number of hydrogen-bond acceptors (Lipinski definition) is 5. The summed E-state index contributed by atoms with van der Waals surface area (Å²) in [4.78, 5) is 12.1. The Labute approximate surface area is 157 Å². The third-order valence-electron chi connectivity index (χ3n) is 4.08. The summed E-state index contributed by atoms with van der Waals surface area (Å²) in [5, 5.41) is 9.18. The normalized spacial score (nSPS) is 10.7. The highest BCUT2D eigenvalue weighted by Crippen LogP contribution is 2.26. The summed E-state index contributed by atoms with van der Waals surface area (Å²) in [6, 6.07) is 19.2. The van der Waals surface area contributed by atoms with Gasteiger partial charge in [0, 0.05) is 5.56 Å². The fourth-order valence-electron chi connectivity index (χ4n) is 2.76. The van der Waals surface area contributed by atoms with E-state index < -0.39 is 0 Å². The number of methoxy groups -OCH3 is 2. The van der Waals surface area contributed by atoms with E-state index in [0.29, 0.717) is 11.5 Å². The zero-order valence-electron chi connectivity index (χ0n) is 15.2. The molecule has 0 unspecified atom stereocenters. The molecule has 138 valence electrons. The molecular weight excluding hydrogens is 342 g/mol. The lowest BCUT2D eigenvalue weighted by molar-refractivity contribution is -0.119. The van der Waals surface area contributed by atoms with Crippen LogP contribution in [0.5, 0.6) is 11.5 Å². The summed E-state index contributed by atoms with van der Waals surface area (Å²) < 4.78 is 10.7. The van der Waals surface area contributed by atoms with Crippen LogP contribution in [0.15, 0.2) is 65.8 Å².